The molecule has 0 radical (unpaired) electrons. The van der Waals surface area contributed by atoms with Crippen LogP contribution in [0.4, 0.5) is 10.1 Å². The van der Waals surface area contributed by atoms with Crippen LogP contribution in [0.1, 0.15) is 26.9 Å². The van der Waals surface area contributed by atoms with E-state index in [-0.39, 0.29) is 23.0 Å². The van der Waals surface area contributed by atoms with Crippen LogP contribution in [0.25, 0.3) is 0 Å². The van der Waals surface area contributed by atoms with Gasteiger partial charge in [0.1, 0.15) is 11.2 Å². The molecular formula is C28H28FN3O2S. The monoisotopic (exact) mass is 489 g/mol. The number of benzene rings is 3. The Morgan fingerprint density at radius 2 is 1.57 bits per heavy atom. The van der Waals surface area contributed by atoms with Gasteiger partial charge >= 0.3 is 0 Å². The predicted octanol–water partition coefficient (Wildman–Crippen LogP) is 4.60. The Kier molecular flexibility index (Phi) is 7.04. The lowest BCUT2D eigenvalue weighted by molar-refractivity contribution is -0.128. The molecule has 2 aliphatic heterocycles. The van der Waals surface area contributed by atoms with Crippen molar-refractivity contribution in [1.82, 2.24) is 9.80 Å². The Morgan fingerprint density at radius 3 is 2.29 bits per heavy atom. The second-order valence-corrected chi connectivity index (χ2v) is 9.91. The zero-order valence-electron chi connectivity index (χ0n) is 19.5. The molecule has 2 aliphatic rings. The van der Waals surface area contributed by atoms with Crippen molar-refractivity contribution in [2.24, 2.45) is 0 Å². The molecule has 2 fully saturated rings. The highest BCUT2D eigenvalue weighted by Crippen LogP contribution is 2.38. The van der Waals surface area contributed by atoms with E-state index in [2.05, 4.69) is 12.1 Å². The number of rotatable bonds is 6. The first-order chi connectivity index (χ1) is 17.1. The first kappa shape index (κ1) is 23.4. The van der Waals surface area contributed by atoms with Gasteiger partial charge in [0.2, 0.25) is 5.91 Å². The van der Waals surface area contributed by atoms with Crippen LogP contribution in [-0.2, 0) is 11.2 Å². The van der Waals surface area contributed by atoms with Gasteiger partial charge in [0.05, 0.1) is 11.4 Å². The molecule has 0 bridgehead atoms. The van der Waals surface area contributed by atoms with Gasteiger partial charge in [-0.3, -0.25) is 9.59 Å². The Labute approximate surface area is 209 Å². The quantitative estimate of drug-likeness (QED) is 0.508. The molecule has 0 spiro atoms. The van der Waals surface area contributed by atoms with E-state index < -0.39 is 0 Å². The van der Waals surface area contributed by atoms with Crippen molar-refractivity contribution in [2.75, 3.05) is 43.4 Å². The molecule has 0 N–H and O–H groups in total. The van der Waals surface area contributed by atoms with Crippen molar-refractivity contribution in [3.63, 3.8) is 0 Å². The largest absolute Gasteiger partial charge is 0.366 e. The molecule has 5 nitrogen and oxygen atoms in total. The molecule has 0 saturated carbocycles. The molecule has 0 aliphatic carbocycles. The normalized spacial score (nSPS) is 18.3. The number of thioether (sulfide) groups is 1. The third kappa shape index (κ3) is 5.20. The van der Waals surface area contributed by atoms with Crippen LogP contribution in [0.5, 0.6) is 0 Å². The fourth-order valence-electron chi connectivity index (χ4n) is 4.70. The van der Waals surface area contributed by atoms with Gasteiger partial charge in [0, 0.05) is 38.3 Å². The summed E-state index contributed by atoms with van der Waals surface area (Å²) in [6.45, 7) is 2.97. The summed E-state index contributed by atoms with van der Waals surface area (Å²) in [6.07, 6.45) is 0.819. The molecule has 7 heteroatoms. The van der Waals surface area contributed by atoms with Crippen molar-refractivity contribution in [3.05, 3.63) is 101 Å². The van der Waals surface area contributed by atoms with Crippen molar-refractivity contribution in [2.45, 2.75) is 11.8 Å². The first-order valence-electron chi connectivity index (χ1n) is 11.9. The lowest BCUT2D eigenvalue weighted by Crippen LogP contribution is -2.49. The Bertz CT molecular complexity index is 1180. The highest BCUT2D eigenvalue weighted by Gasteiger charge is 2.32. The number of halogens is 1. The molecule has 3 aromatic rings. The van der Waals surface area contributed by atoms with E-state index in [1.54, 1.807) is 23.9 Å². The van der Waals surface area contributed by atoms with E-state index in [1.807, 2.05) is 63.2 Å². The Balaban J connectivity index is 1.20. The molecule has 2 amide bonds. The number of para-hydroxylation sites is 1. The number of amides is 2. The average molecular weight is 490 g/mol. The van der Waals surface area contributed by atoms with Crippen molar-refractivity contribution in [1.29, 1.82) is 0 Å². The van der Waals surface area contributed by atoms with Gasteiger partial charge < -0.3 is 14.7 Å². The van der Waals surface area contributed by atoms with Gasteiger partial charge in [-0.05, 0) is 41.8 Å². The molecule has 3 aromatic carbocycles. The standard InChI is InChI=1S/C28H28FN3O2S/c29-24-8-4-5-9-25(24)30-16-18-31(19-17-30)27(34)22-10-12-23(13-11-22)28-32(26(33)20-35-28)15-14-21-6-2-1-3-7-21/h1-13,28H,14-20H2. The molecular weight excluding hydrogens is 461 g/mol. The van der Waals surface area contributed by atoms with Gasteiger partial charge in [0.15, 0.2) is 0 Å². The van der Waals surface area contributed by atoms with Crippen molar-refractivity contribution in [3.8, 4) is 0 Å². The number of hydrogen-bond acceptors (Lipinski definition) is 4. The van der Waals surface area contributed by atoms with Crippen LogP contribution in [0.2, 0.25) is 0 Å². The van der Waals surface area contributed by atoms with E-state index in [9.17, 15) is 14.0 Å². The summed E-state index contributed by atoms with van der Waals surface area (Å²) < 4.78 is 14.1. The first-order valence-corrected chi connectivity index (χ1v) is 13.0. The minimum Gasteiger partial charge on any atom is -0.366 e. The summed E-state index contributed by atoms with van der Waals surface area (Å²) in [6, 6.07) is 24.6. The number of anilines is 1. The van der Waals surface area contributed by atoms with Crippen LogP contribution in [0, 0.1) is 5.82 Å². The topological polar surface area (TPSA) is 43.9 Å². The zero-order chi connectivity index (χ0) is 24.2. The fourth-order valence-corrected chi connectivity index (χ4v) is 5.92. The molecule has 1 atom stereocenters. The van der Waals surface area contributed by atoms with Crippen molar-refractivity contribution >= 4 is 29.3 Å². The molecule has 1 unspecified atom stereocenters. The van der Waals surface area contributed by atoms with Crippen LogP contribution in [0.3, 0.4) is 0 Å². The minimum atomic E-state index is -0.232. The van der Waals surface area contributed by atoms with Gasteiger partial charge in [0.25, 0.3) is 5.91 Å². The van der Waals surface area contributed by atoms with Crippen LogP contribution < -0.4 is 4.90 Å². The third-order valence-corrected chi connectivity index (χ3v) is 7.91. The molecule has 0 aromatic heterocycles. The van der Waals surface area contributed by atoms with Gasteiger partial charge in [-0.2, -0.15) is 0 Å². The van der Waals surface area contributed by atoms with Gasteiger partial charge in [-0.25, -0.2) is 4.39 Å². The van der Waals surface area contributed by atoms with E-state index in [0.717, 1.165) is 12.0 Å². The zero-order valence-corrected chi connectivity index (χ0v) is 20.3. The smallest absolute Gasteiger partial charge is 0.253 e. The maximum atomic E-state index is 14.1. The average Bonchev–Trinajstić information content (AvgIpc) is 3.28. The van der Waals surface area contributed by atoms with Crippen LogP contribution in [-0.4, -0.2) is 60.1 Å². The number of nitrogens with zero attached hydrogens (tertiary/aromatic N) is 3. The highest BCUT2D eigenvalue weighted by molar-refractivity contribution is 8.00. The van der Waals surface area contributed by atoms with E-state index in [0.29, 0.717) is 49.7 Å². The minimum absolute atomic E-state index is 0.0131. The molecule has 5 rings (SSSR count). The van der Waals surface area contributed by atoms with E-state index in [1.165, 1.54) is 11.6 Å². The van der Waals surface area contributed by atoms with Crippen LogP contribution in [0.15, 0.2) is 78.9 Å². The maximum Gasteiger partial charge on any atom is 0.253 e. The lowest BCUT2D eigenvalue weighted by atomic mass is 10.1. The fraction of sp³-hybridized carbons (Fsp3) is 0.286. The third-order valence-electron chi connectivity index (χ3n) is 6.66. The van der Waals surface area contributed by atoms with Crippen LogP contribution >= 0.6 is 11.8 Å². The van der Waals surface area contributed by atoms with E-state index in [4.69, 9.17) is 0 Å². The summed E-state index contributed by atoms with van der Waals surface area (Å²) in [5.74, 6) is 0.389. The summed E-state index contributed by atoms with van der Waals surface area (Å²) >= 11 is 1.63. The van der Waals surface area contributed by atoms with Crippen molar-refractivity contribution < 1.29 is 14.0 Å². The Hall–Kier alpha value is -3.32. The van der Waals surface area contributed by atoms with E-state index >= 15 is 0 Å². The summed E-state index contributed by atoms with van der Waals surface area (Å²) in [4.78, 5) is 31.4. The Morgan fingerprint density at radius 1 is 0.886 bits per heavy atom. The second-order valence-electron chi connectivity index (χ2n) is 8.84. The lowest BCUT2D eigenvalue weighted by Gasteiger charge is -2.36. The molecule has 2 saturated heterocycles. The number of carbonyl (C=O) groups is 2. The molecule has 2 heterocycles. The molecule has 180 valence electrons. The number of hydrogen-bond donors (Lipinski definition) is 0. The summed E-state index contributed by atoms with van der Waals surface area (Å²) in [7, 11) is 0. The maximum absolute atomic E-state index is 14.1. The van der Waals surface area contributed by atoms with Gasteiger partial charge in [-0.1, -0.05) is 54.6 Å². The predicted molar refractivity (Wildman–Crippen MR) is 138 cm³/mol. The SMILES string of the molecule is O=C(c1ccc(C2SCC(=O)N2CCc2ccccc2)cc1)N1CCN(c2ccccc2F)CC1. The number of piperazine rings is 1. The van der Waals surface area contributed by atoms with Gasteiger partial charge in [-0.15, -0.1) is 11.8 Å². The molecule has 35 heavy (non-hydrogen) atoms. The number of carbonyl (C=O) groups excluding carboxylic acids is 2. The second kappa shape index (κ2) is 10.5. The summed E-state index contributed by atoms with van der Waals surface area (Å²) in [5, 5.41) is -0.0281. The highest BCUT2D eigenvalue weighted by atomic mass is 32.2. The summed E-state index contributed by atoms with van der Waals surface area (Å²) in [5.41, 5.74) is 3.48.